The molecule has 1 aliphatic rings. The third kappa shape index (κ3) is 3.96. The number of ether oxygens (including phenoxy) is 2. The van der Waals surface area contributed by atoms with Crippen LogP contribution in [0.1, 0.15) is 44.6 Å². The lowest BCUT2D eigenvalue weighted by atomic mass is 10.1. The number of rotatable bonds is 6. The van der Waals surface area contributed by atoms with E-state index < -0.39 is 15.8 Å². The first-order chi connectivity index (χ1) is 13.2. The zero-order valence-corrected chi connectivity index (χ0v) is 16.9. The average Bonchev–Trinajstić information content (AvgIpc) is 3.17. The number of aryl methyl sites for hydroxylation is 1. The van der Waals surface area contributed by atoms with Gasteiger partial charge in [0.25, 0.3) is 0 Å². The monoisotopic (exact) mass is 405 g/mol. The van der Waals surface area contributed by atoms with E-state index in [-0.39, 0.29) is 41.3 Å². The maximum atomic E-state index is 12.7. The highest BCUT2D eigenvalue weighted by Crippen LogP contribution is 2.29. The summed E-state index contributed by atoms with van der Waals surface area (Å²) in [5.41, 5.74) is 2.32. The van der Waals surface area contributed by atoms with Crippen LogP contribution in [-0.2, 0) is 14.6 Å². The Morgan fingerprint density at radius 3 is 2.54 bits per heavy atom. The highest BCUT2D eigenvalue weighted by atomic mass is 32.2. The molecule has 2 aromatic rings. The van der Waals surface area contributed by atoms with Gasteiger partial charge in [-0.25, -0.2) is 13.2 Å². The first-order valence-electron chi connectivity index (χ1n) is 8.95. The first-order valence-corrected chi connectivity index (χ1v) is 10.8. The van der Waals surface area contributed by atoms with Crippen molar-refractivity contribution in [3.63, 3.8) is 0 Å². The molecule has 0 N–H and O–H groups in total. The van der Waals surface area contributed by atoms with Gasteiger partial charge in [-0.3, -0.25) is 4.79 Å². The van der Waals surface area contributed by atoms with E-state index in [4.69, 9.17) is 9.47 Å². The van der Waals surface area contributed by atoms with Crippen molar-refractivity contribution in [3.8, 4) is 5.75 Å². The zero-order chi connectivity index (χ0) is 20.5. The van der Waals surface area contributed by atoms with E-state index in [0.717, 1.165) is 11.4 Å². The number of benzene rings is 1. The van der Waals surface area contributed by atoms with E-state index in [0.29, 0.717) is 12.0 Å². The van der Waals surface area contributed by atoms with Gasteiger partial charge in [0, 0.05) is 23.0 Å². The Labute approximate surface area is 164 Å². The lowest BCUT2D eigenvalue weighted by Gasteiger charge is -2.16. The summed E-state index contributed by atoms with van der Waals surface area (Å²) >= 11 is 0. The number of hydrogen-bond acceptors (Lipinski definition) is 6. The lowest BCUT2D eigenvalue weighted by molar-refractivity contribution is 0.0594. The predicted molar refractivity (Wildman–Crippen MR) is 104 cm³/mol. The van der Waals surface area contributed by atoms with Gasteiger partial charge in [0.05, 0.1) is 18.6 Å². The topological polar surface area (TPSA) is 91.7 Å². The quantitative estimate of drug-likeness (QED) is 0.542. The van der Waals surface area contributed by atoms with Crippen LogP contribution < -0.4 is 4.74 Å². The Hall–Kier alpha value is -2.61. The molecular weight excluding hydrogens is 382 g/mol. The molecule has 0 spiro atoms. The van der Waals surface area contributed by atoms with Gasteiger partial charge in [-0.1, -0.05) is 12.1 Å². The highest BCUT2D eigenvalue weighted by molar-refractivity contribution is 7.91. The summed E-state index contributed by atoms with van der Waals surface area (Å²) in [4.78, 5) is 24.5. The van der Waals surface area contributed by atoms with Crippen molar-refractivity contribution in [2.24, 2.45) is 0 Å². The molecule has 1 saturated heterocycles. The van der Waals surface area contributed by atoms with Gasteiger partial charge in [-0.2, -0.15) is 0 Å². The van der Waals surface area contributed by atoms with Crippen molar-refractivity contribution in [3.05, 3.63) is 52.8 Å². The van der Waals surface area contributed by atoms with Crippen LogP contribution in [0.5, 0.6) is 5.75 Å². The molecule has 8 heteroatoms. The third-order valence-electron chi connectivity index (χ3n) is 5.01. The minimum atomic E-state index is -3.02. The van der Waals surface area contributed by atoms with Gasteiger partial charge in [0.1, 0.15) is 11.3 Å². The Morgan fingerprint density at radius 1 is 1.18 bits per heavy atom. The van der Waals surface area contributed by atoms with E-state index in [1.807, 2.05) is 18.4 Å². The molecule has 0 unspecified atom stereocenters. The minimum absolute atomic E-state index is 0.0972. The number of ketones is 1. The summed E-state index contributed by atoms with van der Waals surface area (Å²) < 4.78 is 35.9. The van der Waals surface area contributed by atoms with Gasteiger partial charge in [0.15, 0.2) is 16.4 Å². The van der Waals surface area contributed by atoms with Crippen molar-refractivity contribution in [2.75, 3.05) is 25.2 Å². The molecule has 1 aliphatic heterocycles. The molecule has 0 amide bonds. The number of Topliss-reactive ketones (excluding diaryl/α,β-unsaturated/α-hetero) is 1. The van der Waals surface area contributed by atoms with Crippen molar-refractivity contribution in [2.45, 2.75) is 26.3 Å². The number of para-hydroxylation sites is 1. The molecule has 1 aromatic heterocycles. The van der Waals surface area contributed by atoms with Crippen LogP contribution in [0.4, 0.5) is 0 Å². The third-order valence-corrected chi connectivity index (χ3v) is 6.76. The van der Waals surface area contributed by atoms with Crippen molar-refractivity contribution in [1.82, 2.24) is 4.57 Å². The van der Waals surface area contributed by atoms with Gasteiger partial charge in [-0.05, 0) is 38.5 Å². The number of hydrogen-bond donors (Lipinski definition) is 0. The van der Waals surface area contributed by atoms with Crippen LogP contribution in [0.25, 0.3) is 0 Å². The van der Waals surface area contributed by atoms with Crippen molar-refractivity contribution in [1.29, 1.82) is 0 Å². The van der Waals surface area contributed by atoms with E-state index in [2.05, 4.69) is 0 Å². The molecule has 2 heterocycles. The maximum Gasteiger partial charge on any atom is 0.341 e. The van der Waals surface area contributed by atoms with E-state index in [1.165, 1.54) is 7.11 Å². The van der Waals surface area contributed by atoms with Crippen LogP contribution in [-0.4, -0.2) is 50.0 Å². The summed E-state index contributed by atoms with van der Waals surface area (Å²) in [7, 11) is -1.74. The normalized spacial score (nSPS) is 18.0. The van der Waals surface area contributed by atoms with Gasteiger partial charge < -0.3 is 14.0 Å². The molecule has 0 radical (unpaired) electrons. The second-order valence-corrected chi connectivity index (χ2v) is 9.14. The molecule has 7 nitrogen and oxygen atoms in total. The number of nitrogens with zero attached hydrogens (tertiary/aromatic N) is 1. The van der Waals surface area contributed by atoms with Gasteiger partial charge in [-0.15, -0.1) is 0 Å². The van der Waals surface area contributed by atoms with Crippen LogP contribution in [0.2, 0.25) is 0 Å². The molecule has 28 heavy (non-hydrogen) atoms. The molecule has 0 aliphatic carbocycles. The summed E-state index contributed by atoms with van der Waals surface area (Å²) in [6, 6.07) is 8.18. The van der Waals surface area contributed by atoms with Crippen molar-refractivity contribution < 1.29 is 27.5 Å². The highest BCUT2D eigenvalue weighted by Gasteiger charge is 2.31. The SMILES string of the molecule is COC(=O)c1ccccc1OCC(=O)c1cc(C)n([C@H]2CCS(=O)(=O)C2)c1C. The fourth-order valence-electron chi connectivity index (χ4n) is 3.69. The Morgan fingerprint density at radius 2 is 1.89 bits per heavy atom. The molecule has 150 valence electrons. The number of carbonyl (C=O) groups excluding carboxylic acids is 2. The molecular formula is C20H23NO6S. The molecule has 0 saturated carbocycles. The van der Waals surface area contributed by atoms with Crippen LogP contribution in [0.3, 0.4) is 0 Å². The molecule has 1 atom stereocenters. The fraction of sp³-hybridized carbons (Fsp3) is 0.400. The van der Waals surface area contributed by atoms with Gasteiger partial charge >= 0.3 is 5.97 Å². The Kier molecular flexibility index (Phi) is 5.60. The first kappa shape index (κ1) is 20.1. The zero-order valence-electron chi connectivity index (χ0n) is 16.1. The molecule has 1 fully saturated rings. The number of sulfone groups is 1. The number of carbonyl (C=O) groups is 2. The minimum Gasteiger partial charge on any atom is -0.485 e. The second-order valence-electron chi connectivity index (χ2n) is 6.91. The van der Waals surface area contributed by atoms with E-state index in [9.17, 15) is 18.0 Å². The van der Waals surface area contributed by atoms with Crippen LogP contribution >= 0.6 is 0 Å². The molecule has 0 bridgehead atoms. The van der Waals surface area contributed by atoms with Crippen LogP contribution in [0, 0.1) is 13.8 Å². The van der Waals surface area contributed by atoms with E-state index in [1.54, 1.807) is 30.3 Å². The summed E-state index contributed by atoms with van der Waals surface area (Å²) in [6.45, 7) is 3.44. The number of aromatic nitrogens is 1. The number of esters is 1. The summed E-state index contributed by atoms with van der Waals surface area (Å²) in [6.07, 6.45) is 0.551. The standard InChI is InChI=1S/C20H23NO6S/c1-13-10-17(14(2)21(13)15-8-9-28(24,25)12-15)18(22)11-27-19-7-5-4-6-16(19)20(23)26-3/h4-7,10,15H,8-9,11-12H2,1-3H3/t15-/m0/s1. The lowest BCUT2D eigenvalue weighted by Crippen LogP contribution is -2.17. The smallest absolute Gasteiger partial charge is 0.341 e. The molecule has 1 aromatic carbocycles. The van der Waals surface area contributed by atoms with Gasteiger partial charge in [0.2, 0.25) is 5.78 Å². The van der Waals surface area contributed by atoms with E-state index >= 15 is 0 Å². The van der Waals surface area contributed by atoms with Crippen molar-refractivity contribution >= 4 is 21.6 Å². The summed E-state index contributed by atoms with van der Waals surface area (Å²) in [5.74, 6) is -0.229. The second kappa shape index (κ2) is 7.79. The summed E-state index contributed by atoms with van der Waals surface area (Å²) in [5, 5.41) is 0. The van der Waals surface area contributed by atoms with Crippen LogP contribution in [0.15, 0.2) is 30.3 Å². The fourth-order valence-corrected chi connectivity index (χ4v) is 5.39. The largest absolute Gasteiger partial charge is 0.485 e. The number of methoxy groups -OCH3 is 1. The predicted octanol–water partition coefficient (Wildman–Crippen LogP) is 2.51. The Bertz CT molecular complexity index is 1020. The maximum absolute atomic E-state index is 12.7. The molecule has 3 rings (SSSR count). The average molecular weight is 405 g/mol. The Balaban J connectivity index is 1.78.